The topological polar surface area (TPSA) is 57.6 Å². The number of nitrogens with zero attached hydrogens (tertiary/aromatic N) is 3. The maximum atomic E-state index is 11.3. The van der Waals surface area contributed by atoms with Crippen molar-refractivity contribution < 1.29 is 4.79 Å². The van der Waals surface area contributed by atoms with Gasteiger partial charge in [0.25, 0.3) is 5.91 Å². The lowest BCUT2D eigenvalue weighted by Gasteiger charge is -2.02. The van der Waals surface area contributed by atoms with E-state index in [0.29, 0.717) is 5.56 Å². The number of hydrazone groups is 1. The predicted molar refractivity (Wildman–Crippen MR) is 53.9 cm³/mol. The van der Waals surface area contributed by atoms with E-state index in [4.69, 9.17) is 0 Å². The second kappa shape index (κ2) is 4.96. The van der Waals surface area contributed by atoms with Crippen molar-refractivity contribution in [1.29, 1.82) is 0 Å². The summed E-state index contributed by atoms with van der Waals surface area (Å²) >= 11 is 0. The third kappa shape index (κ3) is 3.22. The van der Waals surface area contributed by atoms with Crippen LogP contribution in [0.25, 0.3) is 0 Å². The highest BCUT2D eigenvalue weighted by molar-refractivity contribution is 5.93. The van der Waals surface area contributed by atoms with E-state index < -0.39 is 0 Å². The molecule has 0 aromatic carbocycles. The van der Waals surface area contributed by atoms with E-state index in [1.165, 1.54) is 12.5 Å². The number of carbonyl (C=O) groups is 1. The Balaban J connectivity index is 2.52. The fraction of sp³-hybridized carbons (Fsp3) is 0.222. The summed E-state index contributed by atoms with van der Waals surface area (Å²) in [5.74, 6) is -0.267. The molecule has 5 nitrogen and oxygen atoms in total. The van der Waals surface area contributed by atoms with E-state index in [0.717, 1.165) is 0 Å². The maximum Gasteiger partial charge on any atom is 0.272 e. The third-order valence-electron chi connectivity index (χ3n) is 1.38. The quantitative estimate of drug-likeness (QED) is 0.426. The molecule has 0 radical (unpaired) electrons. The molecule has 74 valence electrons. The summed E-state index contributed by atoms with van der Waals surface area (Å²) in [7, 11) is 3.64. The summed E-state index contributed by atoms with van der Waals surface area (Å²) in [6, 6.07) is 3.37. The summed E-state index contributed by atoms with van der Waals surface area (Å²) < 4.78 is 0. The van der Waals surface area contributed by atoms with Crippen molar-refractivity contribution in [2.45, 2.75) is 0 Å². The van der Waals surface area contributed by atoms with Crippen molar-refractivity contribution in [3.63, 3.8) is 0 Å². The lowest BCUT2D eigenvalue weighted by molar-refractivity contribution is 0.0954. The molecular weight excluding hydrogens is 180 g/mol. The van der Waals surface area contributed by atoms with E-state index in [1.807, 2.05) is 14.1 Å². The Labute approximate surface area is 82.4 Å². The van der Waals surface area contributed by atoms with Gasteiger partial charge in [-0.25, -0.2) is 5.43 Å². The molecule has 1 N–H and O–H groups in total. The van der Waals surface area contributed by atoms with E-state index in [1.54, 1.807) is 23.2 Å². The highest BCUT2D eigenvalue weighted by Crippen LogP contribution is 1.94. The van der Waals surface area contributed by atoms with Crippen molar-refractivity contribution in [1.82, 2.24) is 15.3 Å². The molecular formula is C9H12N4O. The number of hydrogen-bond donors (Lipinski definition) is 1. The van der Waals surface area contributed by atoms with Gasteiger partial charge >= 0.3 is 0 Å². The number of hydrogen-bond acceptors (Lipinski definition) is 3. The molecule has 1 aromatic heterocycles. The van der Waals surface area contributed by atoms with Crippen molar-refractivity contribution in [2.24, 2.45) is 5.10 Å². The van der Waals surface area contributed by atoms with Gasteiger partial charge in [-0.05, 0) is 12.1 Å². The first-order chi connectivity index (χ1) is 6.70. The highest BCUT2D eigenvalue weighted by atomic mass is 16.2. The third-order valence-corrected chi connectivity index (χ3v) is 1.38. The van der Waals surface area contributed by atoms with Crippen LogP contribution in [0, 0.1) is 0 Å². The summed E-state index contributed by atoms with van der Waals surface area (Å²) in [4.78, 5) is 16.9. The van der Waals surface area contributed by atoms with E-state index >= 15 is 0 Å². The summed E-state index contributed by atoms with van der Waals surface area (Å²) in [6.07, 6.45) is 4.61. The Bertz CT molecular complexity index is 321. The van der Waals surface area contributed by atoms with Gasteiger partial charge in [-0.3, -0.25) is 9.78 Å². The largest absolute Gasteiger partial charge is 0.367 e. The Kier molecular flexibility index (Phi) is 3.60. The molecule has 1 rings (SSSR count). The number of amides is 1. The van der Waals surface area contributed by atoms with Crippen LogP contribution in [-0.4, -0.2) is 36.2 Å². The fourth-order valence-corrected chi connectivity index (χ4v) is 0.765. The van der Waals surface area contributed by atoms with Crippen molar-refractivity contribution >= 4 is 12.2 Å². The molecule has 0 saturated carbocycles. The van der Waals surface area contributed by atoms with Crippen LogP contribution in [0.5, 0.6) is 0 Å². The zero-order chi connectivity index (χ0) is 10.4. The summed E-state index contributed by atoms with van der Waals surface area (Å²) in [5, 5.41) is 3.72. The van der Waals surface area contributed by atoms with Gasteiger partial charge in [0.05, 0.1) is 5.56 Å². The predicted octanol–water partition coefficient (Wildman–Crippen LogP) is 0.316. The van der Waals surface area contributed by atoms with Gasteiger partial charge < -0.3 is 4.90 Å². The molecule has 0 aliphatic rings. The van der Waals surface area contributed by atoms with Crippen LogP contribution in [0.15, 0.2) is 29.6 Å². The van der Waals surface area contributed by atoms with Crippen molar-refractivity contribution in [3.8, 4) is 0 Å². The smallest absolute Gasteiger partial charge is 0.272 e. The number of nitrogens with one attached hydrogen (secondary N) is 1. The average Bonchev–Trinajstić information content (AvgIpc) is 2.18. The molecule has 0 aliphatic heterocycles. The monoisotopic (exact) mass is 192 g/mol. The molecule has 1 heterocycles. The molecule has 0 unspecified atom stereocenters. The molecule has 14 heavy (non-hydrogen) atoms. The SMILES string of the molecule is CN(C)/C=N\NC(=O)c1cccnc1. The molecule has 0 fully saturated rings. The normalized spacial score (nSPS) is 10.1. The Morgan fingerprint density at radius 1 is 1.64 bits per heavy atom. The Morgan fingerprint density at radius 2 is 2.43 bits per heavy atom. The van der Waals surface area contributed by atoms with Gasteiger partial charge in [0, 0.05) is 26.5 Å². The molecule has 0 aliphatic carbocycles. The molecule has 1 amide bonds. The number of rotatable bonds is 3. The van der Waals surface area contributed by atoms with Crippen LogP contribution >= 0.6 is 0 Å². The Morgan fingerprint density at radius 3 is 3.00 bits per heavy atom. The number of carbonyl (C=O) groups excluding carboxylic acids is 1. The lowest BCUT2D eigenvalue weighted by atomic mass is 10.3. The molecule has 0 bridgehead atoms. The van der Waals surface area contributed by atoms with E-state index in [9.17, 15) is 4.79 Å². The standard InChI is InChI=1S/C9H12N4O/c1-13(2)7-11-12-9(14)8-4-3-5-10-6-8/h3-7H,1-2H3,(H,12,14)/b11-7-. The molecule has 0 saturated heterocycles. The summed E-state index contributed by atoms with van der Waals surface area (Å²) in [6.45, 7) is 0. The van der Waals surface area contributed by atoms with Gasteiger partial charge in [0.15, 0.2) is 0 Å². The first-order valence-corrected chi connectivity index (χ1v) is 4.10. The average molecular weight is 192 g/mol. The van der Waals surface area contributed by atoms with Gasteiger partial charge in [0.2, 0.25) is 0 Å². The minimum atomic E-state index is -0.267. The first-order valence-electron chi connectivity index (χ1n) is 4.10. The highest BCUT2D eigenvalue weighted by Gasteiger charge is 2.01. The van der Waals surface area contributed by atoms with Crippen LogP contribution in [0.4, 0.5) is 0 Å². The molecule has 5 heteroatoms. The zero-order valence-corrected chi connectivity index (χ0v) is 8.14. The second-order valence-corrected chi connectivity index (χ2v) is 2.89. The number of aromatic nitrogens is 1. The molecule has 1 aromatic rings. The molecule has 0 atom stereocenters. The minimum absolute atomic E-state index is 0.267. The van der Waals surface area contributed by atoms with E-state index in [-0.39, 0.29) is 5.91 Å². The van der Waals surface area contributed by atoms with E-state index in [2.05, 4.69) is 15.5 Å². The minimum Gasteiger partial charge on any atom is -0.367 e. The Hall–Kier alpha value is -1.91. The first kappa shape index (κ1) is 10.2. The zero-order valence-electron chi connectivity index (χ0n) is 8.14. The van der Waals surface area contributed by atoms with Gasteiger partial charge in [0.1, 0.15) is 6.34 Å². The number of pyridine rings is 1. The summed E-state index contributed by atoms with van der Waals surface area (Å²) in [5.41, 5.74) is 2.87. The van der Waals surface area contributed by atoms with Crippen molar-refractivity contribution in [3.05, 3.63) is 30.1 Å². The van der Waals surface area contributed by atoms with Gasteiger partial charge in [-0.1, -0.05) is 0 Å². The van der Waals surface area contributed by atoms with Crippen LogP contribution in [-0.2, 0) is 0 Å². The second-order valence-electron chi connectivity index (χ2n) is 2.89. The molecule has 0 spiro atoms. The van der Waals surface area contributed by atoms with Crippen LogP contribution in [0.3, 0.4) is 0 Å². The van der Waals surface area contributed by atoms with Gasteiger partial charge in [-0.2, -0.15) is 5.10 Å². The van der Waals surface area contributed by atoms with Crippen LogP contribution < -0.4 is 5.43 Å². The maximum absolute atomic E-state index is 11.3. The van der Waals surface area contributed by atoms with Crippen LogP contribution in [0.1, 0.15) is 10.4 Å². The van der Waals surface area contributed by atoms with Crippen LogP contribution in [0.2, 0.25) is 0 Å². The fourth-order valence-electron chi connectivity index (χ4n) is 0.765. The lowest BCUT2D eigenvalue weighted by Crippen LogP contribution is -2.20. The van der Waals surface area contributed by atoms with Gasteiger partial charge in [-0.15, -0.1) is 0 Å². The van der Waals surface area contributed by atoms with Crippen molar-refractivity contribution in [2.75, 3.05) is 14.1 Å².